The number of hydrogen-bond acceptors (Lipinski definition) is 2. The molecule has 1 unspecified atom stereocenters. The Hall–Kier alpha value is -1.33. The molecule has 1 aliphatic rings. The summed E-state index contributed by atoms with van der Waals surface area (Å²) < 4.78 is 13.0. The van der Waals surface area contributed by atoms with Crippen LogP contribution in [0, 0.1) is 5.82 Å². The van der Waals surface area contributed by atoms with Crippen molar-refractivity contribution in [3.63, 3.8) is 0 Å². The van der Waals surface area contributed by atoms with Gasteiger partial charge in [-0.1, -0.05) is 17.7 Å². The van der Waals surface area contributed by atoms with E-state index in [2.05, 4.69) is 5.32 Å². The van der Waals surface area contributed by atoms with Crippen LogP contribution in [0.2, 0.25) is 5.02 Å². The molecule has 0 radical (unpaired) electrons. The highest BCUT2D eigenvalue weighted by Crippen LogP contribution is 2.24. The van der Waals surface area contributed by atoms with Crippen LogP contribution in [-0.4, -0.2) is 35.7 Å². The van der Waals surface area contributed by atoms with E-state index in [1.165, 1.54) is 17.0 Å². The van der Waals surface area contributed by atoms with Crippen LogP contribution in [0.15, 0.2) is 18.2 Å². The molecule has 1 saturated heterocycles. The van der Waals surface area contributed by atoms with Gasteiger partial charge in [-0.25, -0.2) is 9.18 Å². The summed E-state index contributed by atoms with van der Waals surface area (Å²) in [4.78, 5) is 13.0. The topological polar surface area (TPSA) is 52.6 Å². The van der Waals surface area contributed by atoms with Crippen LogP contribution < -0.4 is 5.32 Å². The predicted molar refractivity (Wildman–Crippen MR) is 61.3 cm³/mol. The van der Waals surface area contributed by atoms with Gasteiger partial charge < -0.3 is 15.3 Å². The molecule has 92 valence electrons. The molecule has 0 spiro atoms. The summed E-state index contributed by atoms with van der Waals surface area (Å²) >= 11 is 5.68. The molecule has 0 bridgehead atoms. The Morgan fingerprint density at radius 2 is 2.35 bits per heavy atom. The quantitative estimate of drug-likeness (QED) is 0.864. The lowest BCUT2D eigenvalue weighted by atomic mass is 10.1. The van der Waals surface area contributed by atoms with Crippen molar-refractivity contribution in [1.82, 2.24) is 10.2 Å². The Morgan fingerprint density at radius 1 is 1.59 bits per heavy atom. The van der Waals surface area contributed by atoms with Gasteiger partial charge in [0, 0.05) is 13.1 Å². The maximum absolute atomic E-state index is 13.0. The fourth-order valence-corrected chi connectivity index (χ4v) is 2.01. The number of rotatable bonds is 3. The van der Waals surface area contributed by atoms with Gasteiger partial charge in [-0.15, -0.1) is 0 Å². The van der Waals surface area contributed by atoms with Crippen molar-refractivity contribution in [2.75, 3.05) is 19.7 Å². The molecule has 1 aromatic rings. The highest BCUT2D eigenvalue weighted by Gasteiger charge is 2.29. The predicted octanol–water partition coefficient (Wildman–Crippen LogP) is 1.54. The highest BCUT2D eigenvalue weighted by atomic mass is 35.5. The third kappa shape index (κ3) is 2.50. The van der Waals surface area contributed by atoms with E-state index in [0.717, 1.165) is 5.56 Å². The first-order chi connectivity index (χ1) is 8.11. The summed E-state index contributed by atoms with van der Waals surface area (Å²) in [5.74, 6) is -0.480. The van der Waals surface area contributed by atoms with Crippen molar-refractivity contribution < 1.29 is 14.3 Å². The van der Waals surface area contributed by atoms with Gasteiger partial charge in [-0.2, -0.15) is 0 Å². The maximum atomic E-state index is 13.0. The minimum atomic E-state index is -0.480. The second kappa shape index (κ2) is 4.89. The largest absolute Gasteiger partial charge is 0.395 e. The van der Waals surface area contributed by atoms with Crippen LogP contribution in [0.5, 0.6) is 0 Å². The van der Waals surface area contributed by atoms with Crippen molar-refractivity contribution in [2.45, 2.75) is 6.04 Å². The fraction of sp³-hybridized carbons (Fsp3) is 0.364. The molecule has 17 heavy (non-hydrogen) atoms. The molecule has 0 aromatic heterocycles. The monoisotopic (exact) mass is 258 g/mol. The molecule has 1 fully saturated rings. The van der Waals surface area contributed by atoms with Crippen LogP contribution in [0.25, 0.3) is 0 Å². The standard InChI is InChI=1S/C11H12ClFN2O2/c12-8-5-7(1-2-9(8)13)10-6-15(3-4-16)11(17)14-10/h1-2,5,10,16H,3-4,6H2,(H,14,17). The first-order valence-corrected chi connectivity index (χ1v) is 5.61. The zero-order valence-electron chi connectivity index (χ0n) is 8.99. The number of β-amino-alcohol motifs (C(OH)–C–C–N with tert-alkyl or cyclic N) is 1. The fourth-order valence-electron chi connectivity index (χ4n) is 1.82. The zero-order chi connectivity index (χ0) is 12.4. The van der Waals surface area contributed by atoms with Crippen molar-refractivity contribution >= 4 is 17.6 Å². The molecular weight excluding hydrogens is 247 g/mol. The number of hydrogen-bond donors (Lipinski definition) is 2. The van der Waals surface area contributed by atoms with E-state index in [9.17, 15) is 9.18 Å². The molecule has 6 heteroatoms. The Balaban J connectivity index is 2.14. The average molecular weight is 259 g/mol. The van der Waals surface area contributed by atoms with E-state index < -0.39 is 5.82 Å². The normalized spacial score (nSPS) is 19.6. The summed E-state index contributed by atoms with van der Waals surface area (Å²) in [6.07, 6.45) is 0. The zero-order valence-corrected chi connectivity index (χ0v) is 9.75. The number of nitrogens with zero attached hydrogens (tertiary/aromatic N) is 1. The van der Waals surface area contributed by atoms with E-state index in [4.69, 9.17) is 16.7 Å². The lowest BCUT2D eigenvalue weighted by molar-refractivity contribution is 0.196. The molecule has 2 rings (SSSR count). The molecule has 1 aliphatic heterocycles. The van der Waals surface area contributed by atoms with Gasteiger partial charge in [-0.05, 0) is 17.7 Å². The first-order valence-electron chi connectivity index (χ1n) is 5.23. The Labute approximate surface area is 103 Å². The molecule has 0 saturated carbocycles. The highest BCUT2D eigenvalue weighted by molar-refractivity contribution is 6.30. The van der Waals surface area contributed by atoms with Gasteiger partial charge in [0.2, 0.25) is 0 Å². The van der Waals surface area contributed by atoms with Gasteiger partial charge in [0.1, 0.15) is 5.82 Å². The number of carbonyl (C=O) groups is 1. The minimum Gasteiger partial charge on any atom is -0.395 e. The number of nitrogens with one attached hydrogen (secondary N) is 1. The van der Waals surface area contributed by atoms with Gasteiger partial charge in [-0.3, -0.25) is 0 Å². The number of carbonyl (C=O) groups excluding carboxylic acids is 1. The first kappa shape index (κ1) is 12.1. The summed E-state index contributed by atoms with van der Waals surface area (Å²) in [6, 6.07) is 3.92. The second-order valence-electron chi connectivity index (χ2n) is 3.85. The van der Waals surface area contributed by atoms with E-state index in [-0.39, 0.29) is 30.2 Å². The number of aliphatic hydroxyl groups is 1. The average Bonchev–Trinajstić information content (AvgIpc) is 2.65. The lowest BCUT2D eigenvalue weighted by Crippen LogP contribution is -2.30. The van der Waals surface area contributed by atoms with Crippen LogP contribution >= 0.6 is 11.6 Å². The van der Waals surface area contributed by atoms with E-state index in [0.29, 0.717) is 6.54 Å². The summed E-state index contributed by atoms with van der Waals surface area (Å²) in [5.41, 5.74) is 0.755. The van der Waals surface area contributed by atoms with E-state index in [1.807, 2.05) is 0 Å². The minimum absolute atomic E-state index is 0.0392. The maximum Gasteiger partial charge on any atom is 0.318 e. The number of benzene rings is 1. The van der Waals surface area contributed by atoms with Crippen LogP contribution in [-0.2, 0) is 0 Å². The SMILES string of the molecule is O=C1NC(c2ccc(F)c(Cl)c2)CN1CCO. The van der Waals surface area contributed by atoms with Gasteiger partial charge >= 0.3 is 6.03 Å². The smallest absolute Gasteiger partial charge is 0.318 e. The Bertz CT molecular complexity index is 441. The second-order valence-corrected chi connectivity index (χ2v) is 4.25. The Kier molecular flexibility index (Phi) is 3.49. The molecule has 1 atom stereocenters. The van der Waals surface area contributed by atoms with E-state index in [1.54, 1.807) is 6.07 Å². The molecule has 2 N–H and O–H groups in total. The number of halogens is 2. The number of aliphatic hydroxyl groups excluding tert-OH is 1. The van der Waals surface area contributed by atoms with Crippen molar-refractivity contribution in [3.05, 3.63) is 34.6 Å². The number of urea groups is 1. The number of amides is 2. The van der Waals surface area contributed by atoms with Crippen molar-refractivity contribution in [2.24, 2.45) is 0 Å². The molecule has 2 amide bonds. The van der Waals surface area contributed by atoms with Crippen molar-refractivity contribution in [3.8, 4) is 0 Å². The summed E-state index contributed by atoms with van der Waals surface area (Å²) in [5, 5.41) is 11.6. The van der Waals surface area contributed by atoms with E-state index >= 15 is 0 Å². The van der Waals surface area contributed by atoms with Crippen LogP contribution in [0.3, 0.4) is 0 Å². The van der Waals surface area contributed by atoms with Gasteiger partial charge in [0.15, 0.2) is 0 Å². The van der Waals surface area contributed by atoms with Crippen LogP contribution in [0.1, 0.15) is 11.6 Å². The van der Waals surface area contributed by atoms with Crippen molar-refractivity contribution in [1.29, 1.82) is 0 Å². The van der Waals surface area contributed by atoms with Gasteiger partial charge in [0.25, 0.3) is 0 Å². The molecular formula is C11H12ClFN2O2. The molecule has 1 heterocycles. The molecule has 0 aliphatic carbocycles. The summed E-state index contributed by atoms with van der Waals surface area (Å²) in [6.45, 7) is 0.656. The van der Waals surface area contributed by atoms with Crippen LogP contribution in [0.4, 0.5) is 9.18 Å². The Morgan fingerprint density at radius 3 is 3.00 bits per heavy atom. The lowest BCUT2D eigenvalue weighted by Gasteiger charge is -2.12. The third-order valence-electron chi connectivity index (χ3n) is 2.70. The third-order valence-corrected chi connectivity index (χ3v) is 2.99. The molecule has 4 nitrogen and oxygen atoms in total. The molecule has 1 aromatic carbocycles. The van der Waals surface area contributed by atoms with Gasteiger partial charge in [0.05, 0.1) is 17.7 Å². The summed E-state index contributed by atoms with van der Waals surface area (Å²) in [7, 11) is 0.